The summed E-state index contributed by atoms with van der Waals surface area (Å²) in [6.45, 7) is 1.82. The Morgan fingerprint density at radius 1 is 1.04 bits per heavy atom. The summed E-state index contributed by atoms with van der Waals surface area (Å²) in [7, 11) is 3.52. The number of anilines is 2. The standard InChI is InChI=1S/C17H18N6O2/c1-11-14(10-18-23(11)3)16(24)19-12-5-4-6-13(9-12)20-17(25)15-7-8-22(2)21-15/h4-10H,1-3H3,(H,19,24)(H,20,25). The van der Waals surface area contributed by atoms with Crippen molar-refractivity contribution < 1.29 is 9.59 Å². The largest absolute Gasteiger partial charge is 0.322 e. The minimum absolute atomic E-state index is 0.251. The summed E-state index contributed by atoms with van der Waals surface area (Å²) >= 11 is 0. The molecule has 2 amide bonds. The number of rotatable bonds is 4. The molecule has 0 spiro atoms. The van der Waals surface area contributed by atoms with Crippen molar-refractivity contribution in [2.75, 3.05) is 10.6 Å². The number of nitrogens with one attached hydrogen (secondary N) is 2. The van der Waals surface area contributed by atoms with E-state index in [4.69, 9.17) is 0 Å². The molecule has 3 rings (SSSR count). The quantitative estimate of drug-likeness (QED) is 0.760. The van der Waals surface area contributed by atoms with Crippen LogP contribution < -0.4 is 10.6 Å². The van der Waals surface area contributed by atoms with Gasteiger partial charge >= 0.3 is 0 Å². The number of nitrogens with zero attached hydrogens (tertiary/aromatic N) is 4. The van der Waals surface area contributed by atoms with Gasteiger partial charge in [-0.05, 0) is 31.2 Å². The van der Waals surface area contributed by atoms with Crippen LogP contribution in [-0.4, -0.2) is 31.4 Å². The first-order valence-electron chi connectivity index (χ1n) is 7.65. The van der Waals surface area contributed by atoms with E-state index in [0.717, 1.165) is 5.69 Å². The lowest BCUT2D eigenvalue weighted by Crippen LogP contribution is -2.15. The fraction of sp³-hybridized carbons (Fsp3) is 0.176. The highest BCUT2D eigenvalue weighted by Crippen LogP contribution is 2.17. The maximum absolute atomic E-state index is 12.3. The smallest absolute Gasteiger partial charge is 0.276 e. The summed E-state index contributed by atoms with van der Waals surface area (Å²) in [6, 6.07) is 8.56. The molecule has 2 N–H and O–H groups in total. The van der Waals surface area contributed by atoms with Gasteiger partial charge in [0, 0.05) is 37.4 Å². The lowest BCUT2D eigenvalue weighted by molar-refractivity contribution is 0.101. The number of hydrogen-bond donors (Lipinski definition) is 2. The molecule has 0 aliphatic rings. The van der Waals surface area contributed by atoms with Crippen LogP contribution in [0.2, 0.25) is 0 Å². The number of aromatic nitrogens is 4. The van der Waals surface area contributed by atoms with E-state index in [1.165, 1.54) is 6.20 Å². The van der Waals surface area contributed by atoms with E-state index < -0.39 is 0 Å². The Balaban J connectivity index is 1.72. The van der Waals surface area contributed by atoms with Crippen LogP contribution in [0.25, 0.3) is 0 Å². The lowest BCUT2D eigenvalue weighted by Gasteiger charge is -2.08. The normalized spacial score (nSPS) is 10.5. The molecule has 8 heteroatoms. The van der Waals surface area contributed by atoms with Gasteiger partial charge in [-0.2, -0.15) is 10.2 Å². The van der Waals surface area contributed by atoms with E-state index in [1.807, 2.05) is 6.92 Å². The van der Waals surface area contributed by atoms with Gasteiger partial charge in [0.2, 0.25) is 0 Å². The van der Waals surface area contributed by atoms with Crippen LogP contribution in [-0.2, 0) is 14.1 Å². The van der Waals surface area contributed by atoms with E-state index in [0.29, 0.717) is 22.6 Å². The van der Waals surface area contributed by atoms with Crippen LogP contribution in [0.3, 0.4) is 0 Å². The van der Waals surface area contributed by atoms with Crippen molar-refractivity contribution >= 4 is 23.2 Å². The molecular weight excluding hydrogens is 320 g/mol. The Labute approximate surface area is 144 Å². The maximum Gasteiger partial charge on any atom is 0.276 e. The molecule has 0 radical (unpaired) electrons. The van der Waals surface area contributed by atoms with Crippen molar-refractivity contribution in [1.29, 1.82) is 0 Å². The zero-order valence-electron chi connectivity index (χ0n) is 14.1. The third-order valence-electron chi connectivity index (χ3n) is 3.80. The van der Waals surface area contributed by atoms with Crippen LogP contribution in [0.1, 0.15) is 26.5 Å². The second kappa shape index (κ2) is 6.60. The topological polar surface area (TPSA) is 93.8 Å². The molecular formula is C17H18N6O2. The summed E-state index contributed by atoms with van der Waals surface area (Å²) in [6.07, 6.45) is 3.22. The zero-order valence-corrected chi connectivity index (χ0v) is 14.1. The highest BCUT2D eigenvalue weighted by atomic mass is 16.2. The molecule has 2 heterocycles. The van der Waals surface area contributed by atoms with Crippen LogP contribution in [0.4, 0.5) is 11.4 Å². The number of aryl methyl sites for hydroxylation is 2. The van der Waals surface area contributed by atoms with Gasteiger partial charge in [-0.1, -0.05) is 6.07 Å². The second-order valence-corrected chi connectivity index (χ2v) is 5.63. The number of amides is 2. The van der Waals surface area contributed by atoms with Gasteiger partial charge < -0.3 is 10.6 Å². The molecule has 0 saturated heterocycles. The van der Waals surface area contributed by atoms with Crippen LogP contribution >= 0.6 is 0 Å². The predicted octanol–water partition coefficient (Wildman–Crippen LogP) is 1.97. The van der Waals surface area contributed by atoms with Gasteiger partial charge in [-0.15, -0.1) is 0 Å². The summed E-state index contributed by atoms with van der Waals surface area (Å²) in [4.78, 5) is 24.5. The van der Waals surface area contributed by atoms with Gasteiger partial charge in [-0.3, -0.25) is 19.0 Å². The Hall–Kier alpha value is -3.42. The molecule has 2 aromatic heterocycles. The molecule has 0 aliphatic carbocycles. The number of carbonyl (C=O) groups is 2. The molecule has 0 saturated carbocycles. The minimum Gasteiger partial charge on any atom is -0.322 e. The van der Waals surface area contributed by atoms with E-state index in [1.54, 1.807) is 60.0 Å². The van der Waals surface area contributed by atoms with E-state index in [-0.39, 0.29) is 11.8 Å². The predicted molar refractivity (Wildman–Crippen MR) is 93.5 cm³/mol. The van der Waals surface area contributed by atoms with E-state index in [2.05, 4.69) is 20.8 Å². The SMILES string of the molecule is Cc1c(C(=O)Nc2cccc(NC(=O)c3ccn(C)n3)c2)cnn1C. The Morgan fingerprint density at radius 2 is 1.72 bits per heavy atom. The van der Waals surface area contributed by atoms with Crippen molar-refractivity contribution in [3.63, 3.8) is 0 Å². The maximum atomic E-state index is 12.3. The fourth-order valence-electron chi connectivity index (χ4n) is 2.33. The van der Waals surface area contributed by atoms with Crippen molar-refractivity contribution in [2.24, 2.45) is 14.1 Å². The van der Waals surface area contributed by atoms with Gasteiger partial charge in [0.05, 0.1) is 11.8 Å². The first kappa shape index (κ1) is 16.4. The molecule has 128 valence electrons. The van der Waals surface area contributed by atoms with Gasteiger partial charge in [-0.25, -0.2) is 0 Å². The molecule has 1 aromatic carbocycles. The first-order chi connectivity index (χ1) is 11.9. The first-order valence-corrected chi connectivity index (χ1v) is 7.65. The summed E-state index contributed by atoms with van der Waals surface area (Å²) in [5, 5.41) is 13.7. The van der Waals surface area contributed by atoms with Crippen LogP contribution in [0, 0.1) is 6.92 Å². The molecule has 25 heavy (non-hydrogen) atoms. The highest BCUT2D eigenvalue weighted by Gasteiger charge is 2.14. The Morgan fingerprint density at radius 3 is 2.28 bits per heavy atom. The monoisotopic (exact) mass is 338 g/mol. The molecule has 0 aliphatic heterocycles. The second-order valence-electron chi connectivity index (χ2n) is 5.63. The van der Waals surface area contributed by atoms with Crippen molar-refractivity contribution in [1.82, 2.24) is 19.6 Å². The number of carbonyl (C=O) groups excluding carboxylic acids is 2. The van der Waals surface area contributed by atoms with Gasteiger partial charge in [0.15, 0.2) is 5.69 Å². The minimum atomic E-state index is -0.313. The van der Waals surface area contributed by atoms with Gasteiger partial charge in [0.25, 0.3) is 11.8 Å². The molecule has 0 unspecified atom stereocenters. The highest BCUT2D eigenvalue weighted by molar-refractivity contribution is 6.06. The summed E-state index contributed by atoms with van der Waals surface area (Å²) in [5.41, 5.74) is 2.74. The zero-order chi connectivity index (χ0) is 18.0. The van der Waals surface area contributed by atoms with Crippen molar-refractivity contribution in [2.45, 2.75) is 6.92 Å². The molecule has 8 nitrogen and oxygen atoms in total. The third kappa shape index (κ3) is 3.57. The molecule has 3 aromatic rings. The average molecular weight is 338 g/mol. The third-order valence-corrected chi connectivity index (χ3v) is 3.80. The molecule has 0 atom stereocenters. The Bertz CT molecular complexity index is 940. The average Bonchev–Trinajstić information content (AvgIpc) is 3.14. The fourth-order valence-corrected chi connectivity index (χ4v) is 2.33. The number of hydrogen-bond acceptors (Lipinski definition) is 4. The van der Waals surface area contributed by atoms with Crippen molar-refractivity contribution in [3.8, 4) is 0 Å². The van der Waals surface area contributed by atoms with Crippen molar-refractivity contribution in [3.05, 3.63) is 59.7 Å². The summed E-state index contributed by atoms with van der Waals surface area (Å²) in [5.74, 6) is -0.564. The number of benzene rings is 1. The molecule has 0 fully saturated rings. The lowest BCUT2D eigenvalue weighted by atomic mass is 10.2. The van der Waals surface area contributed by atoms with E-state index in [9.17, 15) is 9.59 Å². The van der Waals surface area contributed by atoms with Crippen LogP contribution in [0.15, 0.2) is 42.7 Å². The molecule has 0 bridgehead atoms. The van der Waals surface area contributed by atoms with E-state index >= 15 is 0 Å². The van der Waals surface area contributed by atoms with Gasteiger partial charge in [0.1, 0.15) is 0 Å². The Kier molecular flexibility index (Phi) is 4.34. The van der Waals surface area contributed by atoms with Crippen LogP contribution in [0.5, 0.6) is 0 Å². The summed E-state index contributed by atoms with van der Waals surface area (Å²) < 4.78 is 3.19.